The largest absolute Gasteiger partial charge is 0.376 e. The number of aromatic amines is 1. The molecule has 2 heterocycles. The Bertz CT molecular complexity index is 906. The smallest absolute Gasteiger partial charge is 0.241 e. The predicted octanol–water partition coefficient (Wildman–Crippen LogP) is 2.85. The summed E-state index contributed by atoms with van der Waals surface area (Å²) in [6, 6.07) is 14.1. The second-order valence-corrected chi connectivity index (χ2v) is 7.07. The van der Waals surface area contributed by atoms with Crippen molar-refractivity contribution < 1.29 is 9.18 Å². The van der Waals surface area contributed by atoms with E-state index in [0.29, 0.717) is 6.54 Å². The van der Waals surface area contributed by atoms with E-state index in [9.17, 15) is 9.18 Å². The number of nitrogens with zero attached hydrogens (tertiary/aromatic N) is 3. The molecule has 0 bridgehead atoms. The topological polar surface area (TPSA) is 64.3 Å². The van der Waals surface area contributed by atoms with Crippen molar-refractivity contribution in [3.8, 4) is 0 Å². The molecule has 3 aromatic rings. The fourth-order valence-corrected chi connectivity index (χ4v) is 3.53. The van der Waals surface area contributed by atoms with Crippen LogP contribution < -0.4 is 5.32 Å². The van der Waals surface area contributed by atoms with Crippen molar-refractivity contribution in [2.75, 3.05) is 38.0 Å². The molecule has 146 valence electrons. The molecule has 1 fully saturated rings. The van der Waals surface area contributed by atoms with Crippen LogP contribution in [-0.2, 0) is 11.3 Å². The van der Waals surface area contributed by atoms with Crippen molar-refractivity contribution >= 4 is 22.6 Å². The van der Waals surface area contributed by atoms with Crippen LogP contribution in [0.2, 0.25) is 0 Å². The molecular formula is C21H24FN5O. The Hall–Kier alpha value is -2.93. The molecule has 1 amide bonds. The monoisotopic (exact) mass is 381 g/mol. The highest BCUT2D eigenvalue weighted by Crippen LogP contribution is 2.13. The van der Waals surface area contributed by atoms with Crippen LogP contribution in [0.1, 0.15) is 12.2 Å². The van der Waals surface area contributed by atoms with Gasteiger partial charge in [0.1, 0.15) is 11.6 Å². The number of anilines is 1. The number of amides is 1. The third kappa shape index (κ3) is 4.48. The highest BCUT2D eigenvalue weighted by molar-refractivity contribution is 5.81. The van der Waals surface area contributed by atoms with Crippen molar-refractivity contribution in [2.24, 2.45) is 0 Å². The molecule has 1 aromatic heterocycles. The lowest BCUT2D eigenvalue weighted by Gasteiger charge is -2.22. The molecule has 7 heteroatoms. The first-order chi connectivity index (χ1) is 13.7. The molecule has 1 saturated heterocycles. The minimum atomic E-state index is -0.283. The van der Waals surface area contributed by atoms with Gasteiger partial charge in [-0.15, -0.1) is 0 Å². The van der Waals surface area contributed by atoms with Gasteiger partial charge < -0.3 is 15.2 Å². The number of rotatable bonds is 5. The zero-order valence-corrected chi connectivity index (χ0v) is 15.7. The van der Waals surface area contributed by atoms with Crippen molar-refractivity contribution in [3.05, 3.63) is 60.2 Å². The maximum absolute atomic E-state index is 13.0. The van der Waals surface area contributed by atoms with E-state index < -0.39 is 0 Å². The first-order valence-corrected chi connectivity index (χ1v) is 9.60. The normalized spacial score (nSPS) is 15.5. The Labute approximate surface area is 163 Å². The van der Waals surface area contributed by atoms with Gasteiger partial charge >= 0.3 is 0 Å². The average Bonchev–Trinajstić information content (AvgIpc) is 2.97. The SMILES string of the molecule is O=C(CNc1ccc(F)cc1)N1CCCN(Cc2nc3ccccc3[nH]2)CC1. The van der Waals surface area contributed by atoms with E-state index in [1.165, 1.54) is 12.1 Å². The number of halogens is 1. The number of imidazole rings is 1. The second-order valence-electron chi connectivity index (χ2n) is 7.07. The molecule has 2 aromatic carbocycles. The Kier molecular flexibility index (Phi) is 5.53. The van der Waals surface area contributed by atoms with Gasteiger partial charge in [0, 0.05) is 31.9 Å². The molecule has 28 heavy (non-hydrogen) atoms. The number of carbonyl (C=O) groups is 1. The number of aromatic nitrogens is 2. The predicted molar refractivity (Wildman–Crippen MR) is 107 cm³/mol. The highest BCUT2D eigenvalue weighted by Gasteiger charge is 2.19. The highest BCUT2D eigenvalue weighted by atomic mass is 19.1. The minimum Gasteiger partial charge on any atom is -0.376 e. The molecule has 0 spiro atoms. The number of carbonyl (C=O) groups excluding carboxylic acids is 1. The molecular weight excluding hydrogens is 357 g/mol. The van der Waals surface area contributed by atoms with E-state index >= 15 is 0 Å². The van der Waals surface area contributed by atoms with Gasteiger partial charge in [-0.2, -0.15) is 0 Å². The van der Waals surface area contributed by atoms with Crippen LogP contribution in [0.25, 0.3) is 11.0 Å². The summed E-state index contributed by atoms with van der Waals surface area (Å²) in [6.07, 6.45) is 0.933. The van der Waals surface area contributed by atoms with Crippen molar-refractivity contribution in [1.82, 2.24) is 19.8 Å². The van der Waals surface area contributed by atoms with Gasteiger partial charge in [-0.1, -0.05) is 12.1 Å². The molecule has 6 nitrogen and oxygen atoms in total. The van der Waals surface area contributed by atoms with E-state index in [1.807, 2.05) is 29.2 Å². The van der Waals surface area contributed by atoms with Crippen LogP contribution in [0, 0.1) is 5.82 Å². The minimum absolute atomic E-state index is 0.0647. The lowest BCUT2D eigenvalue weighted by atomic mass is 10.3. The molecule has 0 unspecified atom stereocenters. The summed E-state index contributed by atoms with van der Waals surface area (Å²) in [5.74, 6) is 0.739. The van der Waals surface area contributed by atoms with E-state index in [1.54, 1.807) is 12.1 Å². The Morgan fingerprint density at radius 2 is 1.89 bits per heavy atom. The maximum atomic E-state index is 13.0. The zero-order chi connectivity index (χ0) is 19.3. The van der Waals surface area contributed by atoms with Gasteiger partial charge in [0.15, 0.2) is 0 Å². The number of H-pyrrole nitrogens is 1. The summed E-state index contributed by atoms with van der Waals surface area (Å²) in [4.78, 5) is 24.8. The van der Waals surface area contributed by atoms with Crippen LogP contribution in [0.5, 0.6) is 0 Å². The lowest BCUT2D eigenvalue weighted by Crippen LogP contribution is -2.38. The van der Waals surface area contributed by atoms with Crippen molar-refractivity contribution in [2.45, 2.75) is 13.0 Å². The summed E-state index contributed by atoms with van der Waals surface area (Å²) in [5, 5.41) is 3.07. The quantitative estimate of drug-likeness (QED) is 0.713. The number of hydrogen-bond acceptors (Lipinski definition) is 4. The maximum Gasteiger partial charge on any atom is 0.241 e. The van der Waals surface area contributed by atoms with Crippen LogP contribution in [0.3, 0.4) is 0 Å². The van der Waals surface area contributed by atoms with Crippen molar-refractivity contribution in [1.29, 1.82) is 0 Å². The van der Waals surface area contributed by atoms with E-state index in [0.717, 1.165) is 55.1 Å². The summed E-state index contributed by atoms with van der Waals surface area (Å²) >= 11 is 0. The van der Waals surface area contributed by atoms with Crippen LogP contribution in [0.15, 0.2) is 48.5 Å². The third-order valence-electron chi connectivity index (χ3n) is 5.04. The van der Waals surface area contributed by atoms with Crippen LogP contribution >= 0.6 is 0 Å². The fraction of sp³-hybridized carbons (Fsp3) is 0.333. The molecule has 4 rings (SSSR count). The number of benzene rings is 2. The number of para-hydroxylation sites is 2. The van der Waals surface area contributed by atoms with Crippen LogP contribution in [0.4, 0.5) is 10.1 Å². The standard InChI is InChI=1S/C21H24FN5O/c22-16-6-8-17(9-7-16)23-14-21(28)27-11-3-10-26(12-13-27)15-20-24-18-4-1-2-5-19(18)25-20/h1-2,4-9,23H,3,10-15H2,(H,24,25). The van der Waals surface area contributed by atoms with Gasteiger partial charge in [-0.05, 0) is 42.8 Å². The number of nitrogens with one attached hydrogen (secondary N) is 2. The first kappa shape index (κ1) is 18.4. The van der Waals surface area contributed by atoms with Gasteiger partial charge in [-0.3, -0.25) is 9.69 Å². The van der Waals surface area contributed by atoms with E-state index in [2.05, 4.69) is 20.2 Å². The van der Waals surface area contributed by atoms with Gasteiger partial charge in [0.05, 0.1) is 24.1 Å². The molecule has 0 aliphatic carbocycles. The molecule has 1 aliphatic heterocycles. The Morgan fingerprint density at radius 1 is 1.07 bits per heavy atom. The Balaban J connectivity index is 1.29. The number of fused-ring (bicyclic) bond motifs is 1. The van der Waals surface area contributed by atoms with E-state index in [4.69, 9.17) is 0 Å². The molecule has 1 aliphatic rings. The zero-order valence-electron chi connectivity index (χ0n) is 15.7. The summed E-state index contributed by atoms with van der Waals surface area (Å²) in [6.45, 7) is 4.18. The molecule has 2 N–H and O–H groups in total. The fourth-order valence-electron chi connectivity index (χ4n) is 3.53. The number of hydrogen-bond donors (Lipinski definition) is 2. The van der Waals surface area contributed by atoms with E-state index in [-0.39, 0.29) is 18.3 Å². The summed E-state index contributed by atoms with van der Waals surface area (Å²) in [5.41, 5.74) is 2.78. The van der Waals surface area contributed by atoms with Crippen molar-refractivity contribution in [3.63, 3.8) is 0 Å². The van der Waals surface area contributed by atoms with Gasteiger partial charge in [-0.25, -0.2) is 9.37 Å². The van der Waals surface area contributed by atoms with Crippen LogP contribution in [-0.4, -0.2) is 58.4 Å². The lowest BCUT2D eigenvalue weighted by molar-refractivity contribution is -0.129. The van der Waals surface area contributed by atoms with Gasteiger partial charge in [0.2, 0.25) is 5.91 Å². The average molecular weight is 381 g/mol. The third-order valence-corrected chi connectivity index (χ3v) is 5.04. The molecule has 0 atom stereocenters. The van der Waals surface area contributed by atoms with Gasteiger partial charge in [0.25, 0.3) is 0 Å². The summed E-state index contributed by atoms with van der Waals surface area (Å²) in [7, 11) is 0. The second kappa shape index (κ2) is 8.39. The Morgan fingerprint density at radius 3 is 2.71 bits per heavy atom. The summed E-state index contributed by atoms with van der Waals surface area (Å²) < 4.78 is 13.0. The first-order valence-electron chi connectivity index (χ1n) is 9.60. The molecule has 0 saturated carbocycles. The molecule has 0 radical (unpaired) electrons.